The van der Waals surface area contributed by atoms with Crippen molar-refractivity contribution in [3.05, 3.63) is 76.9 Å². The molecule has 1 aliphatic rings. The molecular formula is C23H19F4N3O3. The molecule has 4 rings (SSSR count). The highest BCUT2D eigenvalue weighted by Gasteiger charge is 2.37. The first-order chi connectivity index (χ1) is 15.6. The van der Waals surface area contributed by atoms with Gasteiger partial charge >= 0.3 is 6.18 Å². The molecule has 1 amide bonds. The van der Waals surface area contributed by atoms with Crippen LogP contribution in [0.25, 0.3) is 0 Å². The van der Waals surface area contributed by atoms with E-state index in [0.717, 1.165) is 24.3 Å². The van der Waals surface area contributed by atoms with E-state index in [2.05, 4.69) is 10.4 Å². The Morgan fingerprint density at radius 2 is 1.88 bits per heavy atom. The topological polar surface area (TPSA) is 73.2 Å². The van der Waals surface area contributed by atoms with Crippen LogP contribution in [0.15, 0.2) is 48.7 Å². The fourth-order valence-corrected chi connectivity index (χ4v) is 3.98. The van der Waals surface area contributed by atoms with Crippen LogP contribution >= 0.6 is 0 Å². The molecule has 1 unspecified atom stereocenters. The van der Waals surface area contributed by atoms with Gasteiger partial charge in [-0.25, -0.2) is 4.39 Å². The van der Waals surface area contributed by atoms with Crippen LogP contribution in [0, 0.1) is 5.82 Å². The zero-order valence-corrected chi connectivity index (χ0v) is 17.6. The van der Waals surface area contributed by atoms with E-state index < -0.39 is 29.4 Å². The van der Waals surface area contributed by atoms with Crippen LogP contribution < -0.4 is 10.1 Å². The third-order valence-electron chi connectivity index (χ3n) is 5.64. The zero-order valence-electron chi connectivity index (χ0n) is 17.6. The summed E-state index contributed by atoms with van der Waals surface area (Å²) in [7, 11) is 1.30. The number of fused-ring (bicyclic) bond motifs is 1. The highest BCUT2D eigenvalue weighted by atomic mass is 19.4. The Balaban J connectivity index is 1.64. The smallest absolute Gasteiger partial charge is 0.416 e. The third-order valence-corrected chi connectivity index (χ3v) is 5.64. The van der Waals surface area contributed by atoms with Crippen LogP contribution in [0.1, 0.15) is 57.3 Å². The lowest BCUT2D eigenvalue weighted by molar-refractivity contribution is -0.137. The average molecular weight is 461 g/mol. The molecule has 0 spiro atoms. The first-order valence-electron chi connectivity index (χ1n) is 10.0. The molecule has 2 heterocycles. The predicted octanol–water partition coefficient (Wildman–Crippen LogP) is 5.23. The van der Waals surface area contributed by atoms with Crippen LogP contribution in [0.2, 0.25) is 0 Å². The summed E-state index contributed by atoms with van der Waals surface area (Å²) in [4.78, 5) is 26.1. The Morgan fingerprint density at radius 3 is 2.52 bits per heavy atom. The number of nitrogens with zero attached hydrogens (tertiary/aromatic N) is 2. The Bertz CT molecular complexity index is 1220. The SMILES string of the molecule is COc1cc(F)ccc1C(=O)Nc1cnn2c1C(=O)C(c1ccc(C(F)(F)F)cc1)C[C@@H]2C. The molecule has 0 saturated heterocycles. The number of methoxy groups -OCH3 is 1. The quantitative estimate of drug-likeness (QED) is 0.540. The molecule has 0 radical (unpaired) electrons. The highest BCUT2D eigenvalue weighted by molar-refractivity contribution is 6.11. The Labute approximate surface area is 186 Å². The van der Waals surface area contributed by atoms with Gasteiger partial charge in [0.25, 0.3) is 5.91 Å². The fraction of sp³-hybridized carbons (Fsp3) is 0.261. The van der Waals surface area contributed by atoms with Gasteiger partial charge in [0, 0.05) is 6.07 Å². The van der Waals surface area contributed by atoms with Gasteiger partial charge < -0.3 is 10.1 Å². The lowest BCUT2D eigenvalue weighted by atomic mass is 9.84. The maximum absolute atomic E-state index is 13.5. The summed E-state index contributed by atoms with van der Waals surface area (Å²) in [6.07, 6.45) is -2.79. The van der Waals surface area contributed by atoms with Gasteiger partial charge in [-0.1, -0.05) is 12.1 Å². The van der Waals surface area contributed by atoms with E-state index >= 15 is 0 Å². The summed E-state index contributed by atoms with van der Waals surface area (Å²) in [6.45, 7) is 1.83. The number of nitrogens with one attached hydrogen (secondary N) is 1. The monoisotopic (exact) mass is 461 g/mol. The number of anilines is 1. The first kappa shape index (κ1) is 22.5. The molecule has 10 heteroatoms. The standard InChI is InChI=1S/C23H19F4N3O3/c1-12-9-17(13-3-5-14(6-4-13)23(25,26)27)21(31)20-18(11-28-30(12)20)29-22(32)16-8-7-15(24)10-19(16)33-2/h3-8,10-12,17H,9H2,1-2H3,(H,29,32)/t12-,17?/m0/s1. The molecule has 0 saturated carbocycles. The molecule has 6 nitrogen and oxygen atoms in total. The molecule has 1 aromatic heterocycles. The Morgan fingerprint density at radius 1 is 1.18 bits per heavy atom. The lowest BCUT2D eigenvalue weighted by Crippen LogP contribution is -2.29. The summed E-state index contributed by atoms with van der Waals surface area (Å²) in [5.41, 5.74) is 0.0148. The van der Waals surface area contributed by atoms with Crippen LogP contribution in [-0.2, 0) is 6.18 Å². The molecular weight excluding hydrogens is 442 g/mol. The molecule has 0 bridgehead atoms. The van der Waals surface area contributed by atoms with Gasteiger partial charge in [-0.15, -0.1) is 0 Å². The van der Waals surface area contributed by atoms with Crippen LogP contribution in [0.5, 0.6) is 5.75 Å². The fourth-order valence-electron chi connectivity index (χ4n) is 3.98. The second-order valence-electron chi connectivity index (χ2n) is 7.77. The normalized spacial score (nSPS) is 18.1. The number of amides is 1. The average Bonchev–Trinajstić information content (AvgIpc) is 3.20. The van der Waals surface area contributed by atoms with Crippen molar-refractivity contribution >= 4 is 17.4 Å². The van der Waals surface area contributed by atoms with Crippen molar-refractivity contribution in [2.45, 2.75) is 31.5 Å². The van der Waals surface area contributed by atoms with Gasteiger partial charge in [0.1, 0.15) is 17.3 Å². The summed E-state index contributed by atoms with van der Waals surface area (Å²) >= 11 is 0. The summed E-state index contributed by atoms with van der Waals surface area (Å²) in [5, 5.41) is 6.83. The van der Waals surface area contributed by atoms with E-state index in [9.17, 15) is 27.2 Å². The van der Waals surface area contributed by atoms with E-state index in [4.69, 9.17) is 4.74 Å². The minimum Gasteiger partial charge on any atom is -0.496 e. The maximum atomic E-state index is 13.5. The maximum Gasteiger partial charge on any atom is 0.416 e. The number of ether oxygens (including phenoxy) is 1. The van der Waals surface area contributed by atoms with Crippen molar-refractivity contribution in [3.8, 4) is 5.75 Å². The molecule has 33 heavy (non-hydrogen) atoms. The highest BCUT2D eigenvalue weighted by Crippen LogP contribution is 2.39. The number of halogens is 4. The number of carbonyl (C=O) groups excluding carboxylic acids is 2. The van der Waals surface area contributed by atoms with E-state index in [-0.39, 0.29) is 34.5 Å². The lowest BCUT2D eigenvalue weighted by Gasteiger charge is -2.28. The molecule has 0 aliphatic carbocycles. The predicted molar refractivity (Wildman–Crippen MR) is 111 cm³/mol. The van der Waals surface area contributed by atoms with Crippen molar-refractivity contribution in [1.82, 2.24) is 9.78 Å². The summed E-state index contributed by atoms with van der Waals surface area (Å²) < 4.78 is 58.7. The molecule has 3 aromatic rings. The minimum absolute atomic E-state index is 0.0239. The number of carbonyl (C=O) groups is 2. The van der Waals surface area contributed by atoms with E-state index in [0.29, 0.717) is 12.0 Å². The van der Waals surface area contributed by atoms with E-state index in [1.54, 1.807) is 0 Å². The number of hydrogen-bond donors (Lipinski definition) is 1. The van der Waals surface area contributed by atoms with Gasteiger partial charge in [0.15, 0.2) is 5.78 Å². The van der Waals surface area contributed by atoms with E-state index in [1.165, 1.54) is 36.2 Å². The van der Waals surface area contributed by atoms with Crippen molar-refractivity contribution in [2.75, 3.05) is 12.4 Å². The number of benzene rings is 2. The van der Waals surface area contributed by atoms with Gasteiger partial charge in [-0.05, 0) is 43.2 Å². The number of Topliss-reactive ketones (excluding diaryl/α,β-unsaturated/α-hetero) is 1. The van der Waals surface area contributed by atoms with Gasteiger partial charge in [-0.3, -0.25) is 14.3 Å². The molecule has 1 N–H and O–H groups in total. The van der Waals surface area contributed by atoms with Crippen molar-refractivity contribution in [3.63, 3.8) is 0 Å². The second-order valence-corrected chi connectivity index (χ2v) is 7.77. The number of ketones is 1. The molecule has 0 fully saturated rings. The molecule has 1 aliphatic heterocycles. The molecule has 172 valence electrons. The largest absolute Gasteiger partial charge is 0.496 e. The number of rotatable bonds is 4. The van der Waals surface area contributed by atoms with E-state index in [1.807, 2.05) is 6.92 Å². The summed E-state index contributed by atoms with van der Waals surface area (Å²) in [5.74, 6) is -2.24. The van der Waals surface area contributed by atoms with Crippen LogP contribution in [0.3, 0.4) is 0 Å². The van der Waals surface area contributed by atoms with Gasteiger partial charge in [0.05, 0.1) is 42.1 Å². The zero-order chi connectivity index (χ0) is 23.9. The van der Waals surface area contributed by atoms with Crippen molar-refractivity contribution in [2.24, 2.45) is 0 Å². The minimum atomic E-state index is -4.47. The Kier molecular flexibility index (Phi) is 5.69. The molecule has 2 aromatic carbocycles. The number of hydrogen-bond acceptors (Lipinski definition) is 4. The van der Waals surface area contributed by atoms with Gasteiger partial charge in [0.2, 0.25) is 0 Å². The van der Waals surface area contributed by atoms with Gasteiger partial charge in [-0.2, -0.15) is 18.3 Å². The second kappa shape index (κ2) is 8.34. The van der Waals surface area contributed by atoms with Crippen molar-refractivity contribution < 1.29 is 31.9 Å². The van der Waals surface area contributed by atoms with Crippen LogP contribution in [0.4, 0.5) is 23.2 Å². The Hall–Kier alpha value is -3.69. The number of alkyl halides is 3. The van der Waals surface area contributed by atoms with Crippen molar-refractivity contribution in [1.29, 1.82) is 0 Å². The van der Waals surface area contributed by atoms with Crippen LogP contribution in [-0.4, -0.2) is 28.6 Å². The first-order valence-corrected chi connectivity index (χ1v) is 10.0. The third kappa shape index (κ3) is 4.20. The molecule has 2 atom stereocenters. The summed E-state index contributed by atoms with van der Waals surface area (Å²) in [6, 6.07) is 7.68. The number of aromatic nitrogens is 2.